The van der Waals surface area contributed by atoms with Crippen LogP contribution in [0.25, 0.3) is 20.8 Å². The minimum Gasteiger partial charge on any atom is -0.453 e. The van der Waals surface area contributed by atoms with Crippen molar-refractivity contribution in [3.63, 3.8) is 0 Å². The van der Waals surface area contributed by atoms with Crippen LogP contribution >= 0.6 is 23.6 Å². The number of hydrogen-bond donors (Lipinski definition) is 3. The van der Waals surface area contributed by atoms with E-state index in [4.69, 9.17) is 21.7 Å². The Morgan fingerprint density at radius 2 is 1.86 bits per heavy atom. The number of anilines is 1. The van der Waals surface area contributed by atoms with Crippen LogP contribution in [0.4, 0.5) is 10.1 Å². The van der Waals surface area contributed by atoms with Gasteiger partial charge in [-0.15, -0.1) is 11.3 Å². The Balaban J connectivity index is 1.23. The predicted molar refractivity (Wildman–Crippen MR) is 167 cm³/mol. The number of thiocarbonyl (C=S) groups is 1. The highest BCUT2D eigenvalue weighted by molar-refractivity contribution is 7.80. The maximum absolute atomic E-state index is 15.0. The lowest BCUT2D eigenvalue weighted by Gasteiger charge is -2.12. The average molecular weight is 602 g/mol. The number of carbonyl (C=O) groups is 1. The summed E-state index contributed by atoms with van der Waals surface area (Å²) in [7, 11) is 1.67. The van der Waals surface area contributed by atoms with E-state index >= 15 is 4.39 Å². The number of aromatic nitrogens is 2. The SMILES string of the molecule is COCCNCc1ccc(-c2cc3nccc(Oc4ccc(NC(=S)NC(=O)Cc5ccccc5)cc4F)c3s2)nc1. The number of methoxy groups -OCH3 is 1. The van der Waals surface area contributed by atoms with E-state index in [1.54, 1.807) is 25.4 Å². The third kappa shape index (κ3) is 7.71. The van der Waals surface area contributed by atoms with E-state index in [1.165, 1.54) is 23.5 Å². The molecule has 0 bridgehead atoms. The molecule has 3 heterocycles. The molecule has 0 fully saturated rings. The second kappa shape index (κ2) is 14.1. The van der Waals surface area contributed by atoms with E-state index in [0.717, 1.165) is 38.5 Å². The second-order valence-electron chi connectivity index (χ2n) is 9.27. The van der Waals surface area contributed by atoms with Crippen LogP contribution in [0, 0.1) is 5.82 Å². The van der Waals surface area contributed by atoms with Crippen molar-refractivity contribution in [3.05, 3.63) is 102 Å². The van der Waals surface area contributed by atoms with Crippen LogP contribution in [0.1, 0.15) is 11.1 Å². The molecule has 0 unspecified atom stereocenters. The molecule has 3 N–H and O–H groups in total. The Morgan fingerprint density at radius 1 is 1.00 bits per heavy atom. The number of fused-ring (bicyclic) bond motifs is 1. The van der Waals surface area contributed by atoms with Gasteiger partial charge in [-0.2, -0.15) is 0 Å². The number of hydrogen-bond acceptors (Lipinski definition) is 8. The quantitative estimate of drug-likeness (QED) is 0.124. The highest BCUT2D eigenvalue weighted by atomic mass is 32.1. The molecule has 214 valence electrons. The van der Waals surface area contributed by atoms with Crippen LogP contribution in [-0.4, -0.2) is 41.2 Å². The van der Waals surface area contributed by atoms with Crippen molar-refractivity contribution in [1.82, 2.24) is 20.6 Å². The average Bonchev–Trinajstić information content (AvgIpc) is 3.43. The number of amides is 1. The van der Waals surface area contributed by atoms with Crippen LogP contribution in [0.15, 0.2) is 85.2 Å². The number of halogens is 1. The molecule has 11 heteroatoms. The van der Waals surface area contributed by atoms with Gasteiger partial charge in [0.1, 0.15) is 5.75 Å². The van der Waals surface area contributed by atoms with Crippen molar-refractivity contribution >= 4 is 50.5 Å². The molecule has 0 aliphatic rings. The number of nitrogens with one attached hydrogen (secondary N) is 3. The third-order valence-corrected chi connectivity index (χ3v) is 7.50. The molecule has 42 heavy (non-hydrogen) atoms. The van der Waals surface area contributed by atoms with E-state index in [-0.39, 0.29) is 23.2 Å². The van der Waals surface area contributed by atoms with E-state index in [9.17, 15) is 4.79 Å². The van der Waals surface area contributed by atoms with Gasteiger partial charge in [0.15, 0.2) is 16.7 Å². The summed E-state index contributed by atoms with van der Waals surface area (Å²) in [5.41, 5.74) is 3.87. The van der Waals surface area contributed by atoms with Crippen molar-refractivity contribution < 1.29 is 18.7 Å². The number of thiophene rings is 1. The van der Waals surface area contributed by atoms with Gasteiger partial charge in [-0.05, 0) is 47.6 Å². The van der Waals surface area contributed by atoms with Crippen LogP contribution in [0.2, 0.25) is 0 Å². The molecule has 3 aromatic heterocycles. The summed E-state index contributed by atoms with van der Waals surface area (Å²) in [6.45, 7) is 2.12. The van der Waals surface area contributed by atoms with Gasteiger partial charge in [0.05, 0.1) is 33.8 Å². The molecule has 2 aromatic carbocycles. The van der Waals surface area contributed by atoms with Crippen LogP contribution in [0.5, 0.6) is 11.5 Å². The maximum Gasteiger partial charge on any atom is 0.230 e. The number of benzene rings is 2. The van der Waals surface area contributed by atoms with Crippen LogP contribution < -0.4 is 20.7 Å². The van der Waals surface area contributed by atoms with E-state index in [2.05, 4.69) is 25.9 Å². The summed E-state index contributed by atoms with van der Waals surface area (Å²) in [6.07, 6.45) is 3.65. The molecule has 0 aliphatic carbocycles. The molecule has 0 aliphatic heterocycles. The van der Waals surface area contributed by atoms with E-state index in [1.807, 2.05) is 54.7 Å². The van der Waals surface area contributed by atoms with Crippen LogP contribution in [0.3, 0.4) is 0 Å². The monoisotopic (exact) mass is 601 g/mol. The number of ether oxygens (including phenoxy) is 2. The Morgan fingerprint density at radius 3 is 2.62 bits per heavy atom. The van der Waals surface area contributed by atoms with E-state index < -0.39 is 5.82 Å². The number of rotatable bonds is 11. The number of pyridine rings is 2. The molecule has 0 saturated heterocycles. The highest BCUT2D eigenvalue weighted by Gasteiger charge is 2.14. The van der Waals surface area contributed by atoms with Crippen LogP contribution in [-0.2, 0) is 22.5 Å². The first-order chi connectivity index (χ1) is 20.5. The van der Waals surface area contributed by atoms with Gasteiger partial charge in [-0.3, -0.25) is 14.8 Å². The van der Waals surface area contributed by atoms with Gasteiger partial charge in [0.2, 0.25) is 5.91 Å². The normalized spacial score (nSPS) is 10.9. The number of nitrogens with zero attached hydrogens (tertiary/aromatic N) is 2. The van der Waals surface area contributed by atoms with Crippen molar-refractivity contribution in [2.75, 3.05) is 25.6 Å². The first-order valence-electron chi connectivity index (χ1n) is 13.1. The topological polar surface area (TPSA) is 97.4 Å². The molecule has 5 rings (SSSR count). The molecular weight excluding hydrogens is 574 g/mol. The number of carbonyl (C=O) groups excluding carboxylic acids is 1. The zero-order valence-electron chi connectivity index (χ0n) is 22.7. The largest absolute Gasteiger partial charge is 0.453 e. The summed E-state index contributed by atoms with van der Waals surface area (Å²) in [5, 5.41) is 8.83. The van der Waals surface area contributed by atoms with Gasteiger partial charge in [-0.1, -0.05) is 36.4 Å². The highest BCUT2D eigenvalue weighted by Crippen LogP contribution is 2.39. The Labute approximate surface area is 251 Å². The lowest BCUT2D eigenvalue weighted by molar-refractivity contribution is -0.119. The van der Waals surface area contributed by atoms with Crippen molar-refractivity contribution in [2.45, 2.75) is 13.0 Å². The molecule has 8 nitrogen and oxygen atoms in total. The summed E-state index contributed by atoms with van der Waals surface area (Å²) in [4.78, 5) is 22.3. The van der Waals surface area contributed by atoms with Crippen molar-refractivity contribution in [1.29, 1.82) is 0 Å². The fourth-order valence-electron chi connectivity index (χ4n) is 4.10. The fourth-order valence-corrected chi connectivity index (χ4v) is 5.37. The molecule has 0 saturated carbocycles. The Bertz CT molecular complexity index is 1680. The molecule has 1 amide bonds. The Kier molecular flexibility index (Phi) is 9.78. The molecule has 5 aromatic rings. The lowest BCUT2D eigenvalue weighted by Crippen LogP contribution is -2.35. The van der Waals surface area contributed by atoms with Crippen molar-refractivity contribution in [2.24, 2.45) is 0 Å². The second-order valence-corrected chi connectivity index (χ2v) is 10.7. The van der Waals surface area contributed by atoms with Gasteiger partial charge in [0.25, 0.3) is 0 Å². The zero-order valence-corrected chi connectivity index (χ0v) is 24.4. The molecule has 0 radical (unpaired) electrons. The standard InChI is InChI=1S/C31H28FN5O3S2/c1-39-14-13-33-18-21-7-9-24(35-19-21)28-17-25-30(42-28)27(11-12-34-25)40-26-10-8-22(16-23(26)32)36-31(41)37-29(38)15-20-5-3-2-4-6-20/h2-12,16-17,19,33H,13-15,18H2,1H3,(H2,36,37,38,41). The summed E-state index contributed by atoms with van der Waals surface area (Å²) in [5.74, 6) is -0.322. The minimum absolute atomic E-state index is 0.0467. The Hall–Kier alpha value is -4.29. The molecule has 0 atom stereocenters. The van der Waals surface area contributed by atoms with Gasteiger partial charge < -0.3 is 25.4 Å². The fraction of sp³-hybridized carbons (Fsp3) is 0.161. The first kappa shape index (κ1) is 29.2. The van der Waals surface area contributed by atoms with E-state index in [0.29, 0.717) is 24.6 Å². The summed E-state index contributed by atoms with van der Waals surface area (Å²) < 4.78 is 26.8. The third-order valence-electron chi connectivity index (χ3n) is 6.14. The summed E-state index contributed by atoms with van der Waals surface area (Å²) >= 11 is 6.70. The smallest absolute Gasteiger partial charge is 0.230 e. The van der Waals surface area contributed by atoms with Gasteiger partial charge >= 0.3 is 0 Å². The van der Waals surface area contributed by atoms with Gasteiger partial charge in [0, 0.05) is 50.4 Å². The minimum atomic E-state index is -0.587. The zero-order chi connectivity index (χ0) is 29.3. The molecular formula is C31H28FN5O3S2. The maximum atomic E-state index is 15.0. The first-order valence-corrected chi connectivity index (χ1v) is 14.4. The summed E-state index contributed by atoms with van der Waals surface area (Å²) in [6, 6.07) is 21.4. The van der Waals surface area contributed by atoms with Gasteiger partial charge in [-0.25, -0.2) is 4.39 Å². The molecule has 0 spiro atoms. The lowest BCUT2D eigenvalue weighted by atomic mass is 10.1. The van der Waals surface area contributed by atoms with Crippen molar-refractivity contribution in [3.8, 4) is 22.1 Å². The predicted octanol–water partition coefficient (Wildman–Crippen LogP) is 6.08.